The average Bonchev–Trinajstić information content (AvgIpc) is 2.13. The Hall–Kier alpha value is -2.11. The lowest BCUT2D eigenvalue weighted by atomic mass is 10.1. The van der Waals surface area contributed by atoms with E-state index in [4.69, 9.17) is 10.2 Å². The van der Waals surface area contributed by atoms with Gasteiger partial charge in [0.15, 0.2) is 5.43 Å². The number of hydrogen-bond donors (Lipinski definition) is 2. The van der Waals surface area contributed by atoms with Crippen LogP contribution in [0.15, 0.2) is 9.21 Å². The number of hydrogen-bond acceptors (Lipinski definition) is 4. The Morgan fingerprint density at radius 1 is 1.00 bits per heavy atom. The fraction of sp³-hybridized carbons (Fsp3) is 0.222. The molecule has 0 atom stereocenters. The zero-order chi connectivity index (χ0) is 11.7. The Balaban J connectivity index is 3.67. The maximum atomic E-state index is 11.4. The smallest absolute Gasteiger partial charge is 0.372 e. The van der Waals surface area contributed by atoms with Gasteiger partial charge in [0.1, 0.15) is 0 Å². The van der Waals surface area contributed by atoms with Crippen LogP contribution in [0.4, 0.5) is 0 Å². The van der Waals surface area contributed by atoms with E-state index >= 15 is 0 Å². The lowest BCUT2D eigenvalue weighted by Gasteiger charge is -2.03. The van der Waals surface area contributed by atoms with Gasteiger partial charge in [-0.05, 0) is 13.8 Å². The van der Waals surface area contributed by atoms with E-state index in [2.05, 4.69) is 4.42 Å². The van der Waals surface area contributed by atoms with Gasteiger partial charge in [0.25, 0.3) is 0 Å². The third-order valence-electron chi connectivity index (χ3n) is 1.95. The van der Waals surface area contributed by atoms with E-state index in [0.29, 0.717) is 0 Å². The van der Waals surface area contributed by atoms with Crippen LogP contribution in [-0.2, 0) is 0 Å². The Kier molecular flexibility index (Phi) is 2.61. The van der Waals surface area contributed by atoms with Crippen LogP contribution in [0.1, 0.15) is 32.2 Å². The second kappa shape index (κ2) is 3.56. The van der Waals surface area contributed by atoms with Gasteiger partial charge >= 0.3 is 11.9 Å². The maximum Gasteiger partial charge on any atom is 0.372 e. The summed E-state index contributed by atoms with van der Waals surface area (Å²) < 4.78 is 4.64. The van der Waals surface area contributed by atoms with Crippen molar-refractivity contribution in [1.29, 1.82) is 0 Å². The first-order chi connectivity index (χ1) is 6.86. The van der Waals surface area contributed by atoms with Gasteiger partial charge in [0.2, 0.25) is 11.5 Å². The average molecular weight is 212 g/mol. The third-order valence-corrected chi connectivity index (χ3v) is 1.95. The van der Waals surface area contributed by atoms with Gasteiger partial charge in [-0.15, -0.1) is 0 Å². The number of aromatic carboxylic acids is 2. The van der Waals surface area contributed by atoms with Crippen LogP contribution < -0.4 is 5.43 Å². The second-order valence-electron chi connectivity index (χ2n) is 2.95. The topological polar surface area (TPSA) is 105 Å². The molecule has 6 heteroatoms. The molecule has 0 amide bonds. The summed E-state index contributed by atoms with van der Waals surface area (Å²) in [5.41, 5.74) is -0.842. The molecular weight excluding hydrogens is 204 g/mol. The summed E-state index contributed by atoms with van der Waals surface area (Å²) in [5.74, 6) is -4.20. The van der Waals surface area contributed by atoms with Crippen molar-refractivity contribution in [2.45, 2.75) is 13.8 Å². The monoisotopic (exact) mass is 212 g/mol. The van der Waals surface area contributed by atoms with Crippen molar-refractivity contribution in [3.63, 3.8) is 0 Å². The maximum absolute atomic E-state index is 11.4. The molecular formula is C9H8O6. The lowest BCUT2D eigenvalue weighted by molar-refractivity contribution is 0.0620. The highest BCUT2D eigenvalue weighted by Crippen LogP contribution is 2.11. The molecule has 0 aliphatic rings. The normalized spacial score (nSPS) is 10.0. The largest absolute Gasteiger partial charge is 0.475 e. The SMILES string of the molecule is Cc1c(C(=O)O)oc(C(=O)O)c(C)c1=O. The highest BCUT2D eigenvalue weighted by molar-refractivity contribution is 5.89. The lowest BCUT2D eigenvalue weighted by Crippen LogP contribution is -2.19. The molecule has 0 aliphatic carbocycles. The summed E-state index contributed by atoms with van der Waals surface area (Å²) in [6, 6.07) is 0. The minimum absolute atomic E-state index is 0.106. The Morgan fingerprint density at radius 3 is 1.60 bits per heavy atom. The van der Waals surface area contributed by atoms with Crippen LogP contribution >= 0.6 is 0 Å². The van der Waals surface area contributed by atoms with E-state index in [9.17, 15) is 14.4 Å². The Bertz CT molecular complexity index is 455. The molecule has 1 aromatic heterocycles. The zero-order valence-electron chi connectivity index (χ0n) is 8.03. The molecule has 6 nitrogen and oxygen atoms in total. The summed E-state index contributed by atoms with van der Waals surface area (Å²) >= 11 is 0. The Labute approximate surface area is 83.8 Å². The Morgan fingerprint density at radius 2 is 1.33 bits per heavy atom. The molecule has 0 unspecified atom stereocenters. The van der Waals surface area contributed by atoms with Crippen LogP contribution in [0.2, 0.25) is 0 Å². The highest BCUT2D eigenvalue weighted by Gasteiger charge is 2.21. The van der Waals surface area contributed by atoms with Gasteiger partial charge in [-0.1, -0.05) is 0 Å². The molecule has 1 heterocycles. The molecule has 0 aliphatic heterocycles. The zero-order valence-corrected chi connectivity index (χ0v) is 8.03. The van der Waals surface area contributed by atoms with E-state index in [-0.39, 0.29) is 11.1 Å². The number of carboxylic acids is 2. The van der Waals surface area contributed by atoms with E-state index in [0.717, 1.165) is 0 Å². The number of rotatable bonds is 2. The van der Waals surface area contributed by atoms with E-state index in [1.165, 1.54) is 13.8 Å². The molecule has 0 spiro atoms. The fourth-order valence-electron chi connectivity index (χ4n) is 1.15. The van der Waals surface area contributed by atoms with Crippen LogP contribution in [-0.4, -0.2) is 22.2 Å². The first-order valence-electron chi connectivity index (χ1n) is 3.97. The molecule has 80 valence electrons. The minimum Gasteiger partial charge on any atom is -0.475 e. The molecule has 15 heavy (non-hydrogen) atoms. The van der Waals surface area contributed by atoms with Crippen molar-refractivity contribution in [3.8, 4) is 0 Å². The molecule has 1 aromatic rings. The van der Waals surface area contributed by atoms with Crippen molar-refractivity contribution in [3.05, 3.63) is 32.9 Å². The molecule has 1 rings (SSSR count). The highest BCUT2D eigenvalue weighted by atomic mass is 16.4. The van der Waals surface area contributed by atoms with Gasteiger partial charge < -0.3 is 14.6 Å². The molecule has 0 radical (unpaired) electrons. The summed E-state index contributed by atoms with van der Waals surface area (Å²) in [5, 5.41) is 17.3. The van der Waals surface area contributed by atoms with Crippen molar-refractivity contribution in [2.24, 2.45) is 0 Å². The first kappa shape index (κ1) is 11.0. The van der Waals surface area contributed by atoms with Gasteiger partial charge in [-0.2, -0.15) is 0 Å². The van der Waals surface area contributed by atoms with Gasteiger partial charge in [-0.25, -0.2) is 9.59 Å². The van der Waals surface area contributed by atoms with E-state index < -0.39 is 28.9 Å². The van der Waals surface area contributed by atoms with Crippen molar-refractivity contribution < 1.29 is 24.2 Å². The minimum atomic E-state index is -1.47. The quantitative estimate of drug-likeness (QED) is 0.745. The van der Waals surface area contributed by atoms with Crippen molar-refractivity contribution in [2.75, 3.05) is 0 Å². The van der Waals surface area contributed by atoms with Crippen LogP contribution in [0, 0.1) is 13.8 Å². The van der Waals surface area contributed by atoms with Gasteiger partial charge in [0.05, 0.1) is 0 Å². The number of carboxylic acid groups (broad SMARTS) is 2. The molecule has 0 saturated heterocycles. The van der Waals surface area contributed by atoms with Crippen LogP contribution in [0.5, 0.6) is 0 Å². The molecule has 2 N–H and O–H groups in total. The molecule has 0 bridgehead atoms. The number of carbonyl (C=O) groups is 2. The second-order valence-corrected chi connectivity index (χ2v) is 2.95. The predicted molar refractivity (Wildman–Crippen MR) is 48.4 cm³/mol. The van der Waals surface area contributed by atoms with Gasteiger partial charge in [0, 0.05) is 11.1 Å². The summed E-state index contributed by atoms with van der Waals surface area (Å²) in [6.07, 6.45) is 0. The van der Waals surface area contributed by atoms with Crippen molar-refractivity contribution in [1.82, 2.24) is 0 Å². The van der Waals surface area contributed by atoms with Gasteiger partial charge in [-0.3, -0.25) is 4.79 Å². The first-order valence-corrected chi connectivity index (χ1v) is 3.97. The van der Waals surface area contributed by atoms with Crippen LogP contribution in [0.25, 0.3) is 0 Å². The standard InChI is InChI=1S/C9H8O6/c1-3-5(10)4(2)7(9(13)14)15-6(3)8(11)12/h1-2H3,(H,11,12)(H,13,14). The third kappa shape index (κ3) is 1.74. The van der Waals surface area contributed by atoms with E-state index in [1.54, 1.807) is 0 Å². The fourth-order valence-corrected chi connectivity index (χ4v) is 1.15. The van der Waals surface area contributed by atoms with E-state index in [1.807, 2.05) is 0 Å². The summed E-state index contributed by atoms with van der Waals surface area (Å²) in [7, 11) is 0. The predicted octanol–water partition coefficient (Wildman–Crippen LogP) is 0.653. The van der Waals surface area contributed by atoms with Crippen LogP contribution in [0.3, 0.4) is 0 Å². The summed E-state index contributed by atoms with van der Waals surface area (Å²) in [4.78, 5) is 32.7. The van der Waals surface area contributed by atoms with Crippen molar-refractivity contribution >= 4 is 11.9 Å². The summed E-state index contributed by atoms with van der Waals surface area (Å²) in [6.45, 7) is 2.54. The molecule has 0 fully saturated rings. The molecule has 0 aromatic carbocycles. The molecule has 0 saturated carbocycles.